The van der Waals surface area contributed by atoms with Gasteiger partial charge in [0.05, 0.1) is 17.4 Å². The molecule has 0 saturated carbocycles. The summed E-state index contributed by atoms with van der Waals surface area (Å²) >= 11 is 0. The maximum atomic E-state index is 14.9. The summed E-state index contributed by atoms with van der Waals surface area (Å²) in [6.07, 6.45) is 18.2. The zero-order valence-corrected chi connectivity index (χ0v) is 40.7. The molecule has 0 radical (unpaired) electrons. The van der Waals surface area contributed by atoms with Crippen molar-refractivity contribution in [3.63, 3.8) is 0 Å². The minimum atomic E-state index is -0.287. The van der Waals surface area contributed by atoms with E-state index in [2.05, 4.69) is 220 Å². The first kappa shape index (κ1) is 44.6. The van der Waals surface area contributed by atoms with E-state index in [9.17, 15) is 8.78 Å². The van der Waals surface area contributed by atoms with Gasteiger partial charge in [0.1, 0.15) is 11.6 Å². The van der Waals surface area contributed by atoms with Crippen molar-refractivity contribution in [1.82, 2.24) is 0 Å². The third kappa shape index (κ3) is 8.19. The van der Waals surface area contributed by atoms with Crippen LogP contribution in [0.4, 0.5) is 31.5 Å². The number of anilines is 4. The molecule has 0 aromatic heterocycles. The Balaban J connectivity index is 1.02. The van der Waals surface area contributed by atoms with E-state index >= 15 is 0 Å². The minimum absolute atomic E-state index is 0.0932. The van der Waals surface area contributed by atoms with Gasteiger partial charge in [0, 0.05) is 34.1 Å². The van der Waals surface area contributed by atoms with Crippen LogP contribution in [-0.2, 0) is 0 Å². The van der Waals surface area contributed by atoms with Gasteiger partial charge in [-0.15, -0.1) is 0 Å². The summed E-state index contributed by atoms with van der Waals surface area (Å²) in [7, 11) is 0. The number of nitrogens with zero attached hydrogens (tertiary/aromatic N) is 2. The van der Waals surface area contributed by atoms with Crippen LogP contribution >= 0.6 is 0 Å². The Labute approximate surface area is 421 Å². The summed E-state index contributed by atoms with van der Waals surface area (Å²) in [6.45, 7) is 8.52. The van der Waals surface area contributed by atoms with Gasteiger partial charge in [-0.25, -0.2) is 8.78 Å². The van der Waals surface area contributed by atoms with E-state index in [1.165, 1.54) is 39.0 Å². The molecular weight excluding hydrogens is 883 g/mol. The maximum absolute atomic E-state index is 14.9. The molecule has 8 aromatic carbocycles. The molecule has 0 heterocycles. The lowest BCUT2D eigenvalue weighted by Gasteiger charge is -2.44. The van der Waals surface area contributed by atoms with Crippen LogP contribution in [0, 0.1) is 45.2 Å². The lowest BCUT2D eigenvalue weighted by molar-refractivity contribution is 0.627. The molecule has 4 heteroatoms. The highest BCUT2D eigenvalue weighted by atomic mass is 19.1. The van der Waals surface area contributed by atoms with E-state index < -0.39 is 0 Å². The van der Waals surface area contributed by atoms with Crippen LogP contribution in [0.5, 0.6) is 0 Å². The van der Waals surface area contributed by atoms with Gasteiger partial charge in [-0.1, -0.05) is 174 Å². The third-order valence-corrected chi connectivity index (χ3v) is 14.5. The molecule has 4 aliphatic carbocycles. The molecule has 2 atom stereocenters. The van der Waals surface area contributed by atoms with Crippen LogP contribution in [0.2, 0.25) is 0 Å². The van der Waals surface area contributed by atoms with Gasteiger partial charge < -0.3 is 9.80 Å². The normalized spacial score (nSPS) is 16.4. The second-order valence-electron chi connectivity index (χ2n) is 19.5. The average molecular weight is 935 g/mol. The zero-order chi connectivity index (χ0) is 49.0. The second-order valence-corrected chi connectivity index (χ2v) is 19.5. The van der Waals surface area contributed by atoms with Gasteiger partial charge in [-0.2, -0.15) is 0 Å². The van der Waals surface area contributed by atoms with E-state index in [4.69, 9.17) is 0 Å². The molecule has 0 aliphatic heterocycles. The molecule has 0 N–H and O–H groups in total. The van der Waals surface area contributed by atoms with Gasteiger partial charge in [0.2, 0.25) is 0 Å². The van der Waals surface area contributed by atoms with Crippen molar-refractivity contribution in [1.29, 1.82) is 0 Å². The van der Waals surface area contributed by atoms with Gasteiger partial charge in [0.25, 0.3) is 0 Å². The summed E-state index contributed by atoms with van der Waals surface area (Å²) in [4.78, 5) is 4.70. The number of rotatable bonds is 10. The van der Waals surface area contributed by atoms with Gasteiger partial charge >= 0.3 is 0 Å². The quantitative estimate of drug-likeness (QED) is 0.135. The van der Waals surface area contributed by atoms with Crippen LogP contribution in [0.15, 0.2) is 264 Å². The standard InChI is InChI=1S/C68H52F2N2/c1-43-9-5-13-49(37-43)51-21-35-65(61(41-51)53-15-7-11-45(3)39-53)71(57-27-23-55(69)24-28-57)63-33-19-47-18-32-60-64(34-20-48-17-31-59(63)67(47)68(48)60)72(58-29-25-56(70)26-30-58)66-36-22-52(50-14-6-10-44(2)38-50)42-62(66)54-16-8-12-46(4)40-54/h5-42,63,68H,1-4H3. The molecule has 4 aliphatic rings. The summed E-state index contributed by atoms with van der Waals surface area (Å²) in [6, 6.07) is 61.7. The van der Waals surface area contributed by atoms with E-state index in [0.29, 0.717) is 0 Å². The molecule has 0 fully saturated rings. The average Bonchev–Trinajstić information content (AvgIpc) is 3.40. The fourth-order valence-corrected chi connectivity index (χ4v) is 11.1. The zero-order valence-electron chi connectivity index (χ0n) is 40.7. The van der Waals surface area contributed by atoms with Gasteiger partial charge in [-0.3, -0.25) is 0 Å². The molecule has 0 amide bonds. The number of benzene rings is 8. The third-order valence-electron chi connectivity index (χ3n) is 14.5. The van der Waals surface area contributed by atoms with Crippen molar-refractivity contribution in [2.24, 2.45) is 5.92 Å². The molecule has 348 valence electrons. The summed E-state index contributed by atoms with van der Waals surface area (Å²) < 4.78 is 29.9. The lowest BCUT2D eigenvalue weighted by atomic mass is 9.67. The van der Waals surface area contributed by atoms with Crippen molar-refractivity contribution in [3.8, 4) is 44.5 Å². The summed E-state index contributed by atoms with van der Waals surface area (Å²) in [5.41, 5.74) is 24.4. The molecule has 12 rings (SSSR count). The van der Waals surface area contributed by atoms with E-state index in [1.54, 1.807) is 24.3 Å². The highest BCUT2D eigenvalue weighted by molar-refractivity contribution is 5.91. The number of hydrogen-bond acceptors (Lipinski definition) is 2. The van der Waals surface area contributed by atoms with Crippen LogP contribution in [0.3, 0.4) is 0 Å². The first-order chi connectivity index (χ1) is 35.1. The van der Waals surface area contributed by atoms with Crippen molar-refractivity contribution in [2.75, 3.05) is 9.80 Å². The molecule has 0 bridgehead atoms. The fourth-order valence-electron chi connectivity index (χ4n) is 11.1. The first-order valence-corrected chi connectivity index (χ1v) is 24.8. The molecular formula is C68H52F2N2. The number of halogens is 2. The van der Waals surface area contributed by atoms with Crippen molar-refractivity contribution < 1.29 is 8.78 Å². The molecule has 0 saturated heterocycles. The molecule has 2 nitrogen and oxygen atoms in total. The Bertz CT molecular complexity index is 3710. The van der Waals surface area contributed by atoms with Crippen LogP contribution < -0.4 is 9.80 Å². The van der Waals surface area contributed by atoms with Crippen LogP contribution in [0.1, 0.15) is 22.3 Å². The van der Waals surface area contributed by atoms with E-state index in [0.717, 1.165) is 84.1 Å². The monoisotopic (exact) mass is 934 g/mol. The second kappa shape index (κ2) is 18.3. The number of allylic oxidation sites excluding steroid dienone is 10. The summed E-state index contributed by atoms with van der Waals surface area (Å²) in [5, 5.41) is 0. The molecule has 2 unspecified atom stereocenters. The first-order valence-electron chi connectivity index (χ1n) is 24.8. The Morgan fingerprint density at radius 2 is 0.917 bits per heavy atom. The summed E-state index contributed by atoms with van der Waals surface area (Å²) in [5.74, 6) is -0.662. The van der Waals surface area contributed by atoms with Gasteiger partial charge in [0.15, 0.2) is 0 Å². The van der Waals surface area contributed by atoms with Crippen LogP contribution in [0.25, 0.3) is 44.5 Å². The number of hydrogen-bond donors (Lipinski definition) is 0. The largest absolute Gasteiger partial charge is 0.330 e. The van der Waals surface area contributed by atoms with Crippen molar-refractivity contribution in [3.05, 3.63) is 298 Å². The maximum Gasteiger partial charge on any atom is 0.123 e. The Kier molecular flexibility index (Phi) is 11.3. The molecule has 8 aromatic rings. The molecule has 72 heavy (non-hydrogen) atoms. The smallest absolute Gasteiger partial charge is 0.123 e. The predicted molar refractivity (Wildman–Crippen MR) is 296 cm³/mol. The Morgan fingerprint density at radius 3 is 1.49 bits per heavy atom. The van der Waals surface area contributed by atoms with Gasteiger partial charge in [-0.05, 0) is 168 Å². The molecule has 0 spiro atoms. The highest BCUT2D eigenvalue weighted by Crippen LogP contribution is 2.53. The van der Waals surface area contributed by atoms with E-state index in [1.807, 2.05) is 24.3 Å². The topological polar surface area (TPSA) is 6.48 Å². The Hall–Kier alpha value is -8.60. The van der Waals surface area contributed by atoms with Crippen molar-refractivity contribution in [2.45, 2.75) is 33.7 Å². The van der Waals surface area contributed by atoms with Crippen LogP contribution in [-0.4, -0.2) is 6.04 Å². The lowest BCUT2D eigenvalue weighted by Crippen LogP contribution is -2.37. The minimum Gasteiger partial charge on any atom is -0.330 e. The van der Waals surface area contributed by atoms with Crippen molar-refractivity contribution >= 4 is 22.7 Å². The highest BCUT2D eigenvalue weighted by Gasteiger charge is 2.40. The fraction of sp³-hybridized carbons (Fsp3) is 0.0882. The SMILES string of the molecule is Cc1cccc(-c2ccc(N(C3=C4C=CC5=C6C(=CC=C(C=C3)C46)C(N(c3ccc(F)cc3)c3ccc(-c4cccc(C)c4)cc3-c3cccc(C)c3)C=C5)c3ccc(F)cc3)c(-c3cccc(C)c3)c2)c1. The number of aryl methyl sites for hydroxylation is 4. The predicted octanol–water partition coefficient (Wildman–Crippen LogP) is 18.0. The van der Waals surface area contributed by atoms with E-state index in [-0.39, 0.29) is 23.6 Å². The Morgan fingerprint density at radius 1 is 0.417 bits per heavy atom.